The molecule has 0 spiro atoms. The molecule has 0 amide bonds. The van der Waals surface area contributed by atoms with E-state index in [-0.39, 0.29) is 5.82 Å². The summed E-state index contributed by atoms with van der Waals surface area (Å²) >= 11 is 2.11. The maximum Gasteiger partial charge on any atom is 0.132 e. The van der Waals surface area contributed by atoms with Crippen LogP contribution >= 0.6 is 22.6 Å². The number of hydrogen-bond acceptors (Lipinski definition) is 0. The molecule has 0 fully saturated rings. The van der Waals surface area contributed by atoms with E-state index in [0.29, 0.717) is 5.39 Å². The van der Waals surface area contributed by atoms with Crippen LogP contribution < -0.4 is 0 Å². The predicted molar refractivity (Wildman–Crippen MR) is 56.6 cm³/mol. The standard InChI is InChI=1S/C10H6FI/c11-10-6-8(12)5-7-3-1-2-4-9(7)10/h1-6H. The molecular formula is C10H6FI. The molecule has 2 rings (SSSR count). The molecule has 0 nitrogen and oxygen atoms in total. The molecule has 2 aromatic carbocycles. The molecule has 2 heteroatoms. The fourth-order valence-electron chi connectivity index (χ4n) is 1.23. The molecule has 0 unspecified atom stereocenters. The van der Waals surface area contributed by atoms with Gasteiger partial charge in [0.25, 0.3) is 0 Å². The topological polar surface area (TPSA) is 0 Å². The van der Waals surface area contributed by atoms with E-state index in [4.69, 9.17) is 0 Å². The van der Waals surface area contributed by atoms with Crippen molar-refractivity contribution in [1.82, 2.24) is 0 Å². The Bertz CT molecular complexity index is 423. The zero-order valence-electron chi connectivity index (χ0n) is 6.22. The van der Waals surface area contributed by atoms with E-state index in [0.717, 1.165) is 8.96 Å². The minimum absolute atomic E-state index is 0.141. The van der Waals surface area contributed by atoms with Crippen LogP contribution in [0.25, 0.3) is 10.8 Å². The monoisotopic (exact) mass is 272 g/mol. The number of rotatable bonds is 0. The van der Waals surface area contributed by atoms with E-state index in [9.17, 15) is 4.39 Å². The third-order valence-corrected chi connectivity index (χ3v) is 2.40. The van der Waals surface area contributed by atoms with Crippen molar-refractivity contribution in [1.29, 1.82) is 0 Å². The Morgan fingerprint density at radius 1 is 1.08 bits per heavy atom. The van der Waals surface area contributed by atoms with Gasteiger partial charge in [-0.05, 0) is 40.1 Å². The highest BCUT2D eigenvalue weighted by Crippen LogP contribution is 2.20. The molecule has 0 aliphatic rings. The van der Waals surface area contributed by atoms with Gasteiger partial charge in [-0.25, -0.2) is 4.39 Å². The van der Waals surface area contributed by atoms with Crippen molar-refractivity contribution >= 4 is 33.4 Å². The van der Waals surface area contributed by atoms with Gasteiger partial charge in [0.05, 0.1) is 0 Å². The van der Waals surface area contributed by atoms with Gasteiger partial charge in [0.15, 0.2) is 0 Å². The smallest absolute Gasteiger partial charge is 0.132 e. The highest BCUT2D eigenvalue weighted by atomic mass is 127. The summed E-state index contributed by atoms with van der Waals surface area (Å²) in [5.41, 5.74) is 0. The second-order valence-corrected chi connectivity index (χ2v) is 3.85. The lowest BCUT2D eigenvalue weighted by atomic mass is 10.1. The molecule has 0 heterocycles. The van der Waals surface area contributed by atoms with E-state index >= 15 is 0 Å². The molecular weight excluding hydrogens is 266 g/mol. The Morgan fingerprint density at radius 2 is 1.83 bits per heavy atom. The summed E-state index contributed by atoms with van der Waals surface area (Å²) in [5.74, 6) is -0.141. The summed E-state index contributed by atoms with van der Waals surface area (Å²) in [6, 6.07) is 11.0. The van der Waals surface area contributed by atoms with Crippen LogP contribution in [0.4, 0.5) is 4.39 Å². The maximum atomic E-state index is 13.2. The molecule has 0 bridgehead atoms. The van der Waals surface area contributed by atoms with Crippen molar-refractivity contribution < 1.29 is 4.39 Å². The van der Waals surface area contributed by atoms with Crippen LogP contribution in [-0.2, 0) is 0 Å². The van der Waals surface area contributed by atoms with Crippen molar-refractivity contribution in [2.45, 2.75) is 0 Å². The van der Waals surface area contributed by atoms with Crippen molar-refractivity contribution in [3.05, 3.63) is 45.8 Å². The van der Waals surface area contributed by atoms with Crippen molar-refractivity contribution in [3.8, 4) is 0 Å². The number of benzene rings is 2. The Balaban J connectivity index is 2.89. The molecule has 0 aliphatic carbocycles. The Hall–Kier alpha value is -0.640. The van der Waals surface area contributed by atoms with Gasteiger partial charge in [-0.3, -0.25) is 0 Å². The van der Waals surface area contributed by atoms with Crippen LogP contribution in [0, 0.1) is 9.39 Å². The van der Waals surface area contributed by atoms with E-state index < -0.39 is 0 Å². The summed E-state index contributed by atoms with van der Waals surface area (Å²) < 4.78 is 14.2. The van der Waals surface area contributed by atoms with Crippen molar-refractivity contribution in [2.24, 2.45) is 0 Å². The summed E-state index contributed by atoms with van der Waals surface area (Å²) in [7, 11) is 0. The summed E-state index contributed by atoms with van der Waals surface area (Å²) in [5, 5.41) is 1.65. The zero-order chi connectivity index (χ0) is 8.55. The lowest BCUT2D eigenvalue weighted by molar-refractivity contribution is 0.639. The fraction of sp³-hybridized carbons (Fsp3) is 0. The first-order valence-corrected chi connectivity index (χ1v) is 4.69. The molecule has 0 atom stereocenters. The summed E-state index contributed by atoms with van der Waals surface area (Å²) in [6.07, 6.45) is 0. The normalized spacial score (nSPS) is 10.5. The minimum Gasteiger partial charge on any atom is -0.206 e. The van der Waals surface area contributed by atoms with E-state index in [1.54, 1.807) is 12.1 Å². The molecule has 2 aromatic rings. The van der Waals surface area contributed by atoms with Crippen LogP contribution in [0.1, 0.15) is 0 Å². The first-order valence-electron chi connectivity index (χ1n) is 3.61. The summed E-state index contributed by atoms with van der Waals surface area (Å²) in [6.45, 7) is 0. The van der Waals surface area contributed by atoms with Crippen LogP contribution in [0.2, 0.25) is 0 Å². The van der Waals surface area contributed by atoms with Gasteiger partial charge in [0.1, 0.15) is 5.82 Å². The Morgan fingerprint density at radius 3 is 2.67 bits per heavy atom. The van der Waals surface area contributed by atoms with Crippen molar-refractivity contribution in [2.75, 3.05) is 0 Å². The molecule has 60 valence electrons. The number of hydrogen-bond donors (Lipinski definition) is 0. The second kappa shape index (κ2) is 3.01. The maximum absolute atomic E-state index is 13.2. The largest absolute Gasteiger partial charge is 0.206 e. The quantitative estimate of drug-likeness (QED) is 0.643. The second-order valence-electron chi connectivity index (χ2n) is 2.61. The van der Waals surface area contributed by atoms with Gasteiger partial charge in [0, 0.05) is 8.96 Å². The first-order chi connectivity index (χ1) is 5.77. The minimum atomic E-state index is -0.141. The van der Waals surface area contributed by atoms with Crippen LogP contribution in [0.5, 0.6) is 0 Å². The number of halogens is 2. The number of fused-ring (bicyclic) bond motifs is 1. The van der Waals surface area contributed by atoms with E-state index in [2.05, 4.69) is 22.6 Å². The van der Waals surface area contributed by atoms with Gasteiger partial charge < -0.3 is 0 Å². The van der Waals surface area contributed by atoms with Crippen LogP contribution in [0.3, 0.4) is 0 Å². The van der Waals surface area contributed by atoms with Crippen molar-refractivity contribution in [3.63, 3.8) is 0 Å². The lowest BCUT2D eigenvalue weighted by Crippen LogP contribution is -1.80. The molecule has 0 aromatic heterocycles. The van der Waals surface area contributed by atoms with E-state index in [1.807, 2.05) is 24.3 Å². The Labute approximate surface area is 83.5 Å². The molecule has 0 saturated carbocycles. The highest BCUT2D eigenvalue weighted by Gasteiger charge is 1.99. The van der Waals surface area contributed by atoms with Gasteiger partial charge in [-0.2, -0.15) is 0 Å². The molecule has 0 aliphatic heterocycles. The summed E-state index contributed by atoms with van der Waals surface area (Å²) in [4.78, 5) is 0. The van der Waals surface area contributed by atoms with Crippen LogP contribution in [-0.4, -0.2) is 0 Å². The SMILES string of the molecule is Fc1cc(I)cc2ccccc12. The van der Waals surface area contributed by atoms with Gasteiger partial charge in [-0.15, -0.1) is 0 Å². The predicted octanol–water partition coefficient (Wildman–Crippen LogP) is 3.58. The van der Waals surface area contributed by atoms with Gasteiger partial charge >= 0.3 is 0 Å². The fourth-order valence-corrected chi connectivity index (χ4v) is 1.84. The van der Waals surface area contributed by atoms with Crippen LogP contribution in [0.15, 0.2) is 36.4 Å². The highest BCUT2D eigenvalue weighted by molar-refractivity contribution is 14.1. The average molecular weight is 272 g/mol. The average Bonchev–Trinajstić information content (AvgIpc) is 2.04. The van der Waals surface area contributed by atoms with E-state index in [1.165, 1.54) is 0 Å². The molecule has 12 heavy (non-hydrogen) atoms. The molecule has 0 N–H and O–H groups in total. The van der Waals surface area contributed by atoms with Gasteiger partial charge in [-0.1, -0.05) is 24.3 Å². The molecule has 0 saturated heterocycles. The third-order valence-electron chi connectivity index (χ3n) is 1.78. The lowest BCUT2D eigenvalue weighted by Gasteiger charge is -1.99. The zero-order valence-corrected chi connectivity index (χ0v) is 8.38. The third kappa shape index (κ3) is 1.31. The Kier molecular flexibility index (Phi) is 2.00. The van der Waals surface area contributed by atoms with Gasteiger partial charge in [0.2, 0.25) is 0 Å². The molecule has 0 radical (unpaired) electrons. The first kappa shape index (κ1) is 7.98.